The molecule has 1 aliphatic heterocycles. The Hall–Kier alpha value is -0.526. The zero-order chi connectivity index (χ0) is 28.4. The SMILES string of the molecule is Cc1cn([C@H]2C[C@H](O[Si](C)(C)C(C)(C)C)[C@@H](CO[Si](C)(C)C(C)(C)C)O2)c(=O)n(CCCCCBr)c1=O. The molecule has 0 amide bonds. The molecule has 1 saturated heterocycles. The molecule has 1 aromatic heterocycles. The molecule has 2 rings (SSSR count). The van der Waals surface area contributed by atoms with Gasteiger partial charge in [-0.15, -0.1) is 0 Å². The van der Waals surface area contributed by atoms with Gasteiger partial charge in [-0.2, -0.15) is 0 Å². The van der Waals surface area contributed by atoms with E-state index in [4.69, 9.17) is 13.6 Å². The highest BCUT2D eigenvalue weighted by Crippen LogP contribution is 2.42. The Balaban J connectivity index is 2.38. The van der Waals surface area contributed by atoms with E-state index in [2.05, 4.69) is 83.7 Å². The molecular weight excluding hydrogens is 568 g/mol. The van der Waals surface area contributed by atoms with Crippen molar-refractivity contribution in [2.45, 2.75) is 135 Å². The fourth-order valence-corrected chi connectivity index (χ4v) is 6.68. The first-order valence-corrected chi connectivity index (χ1v) is 20.6. The van der Waals surface area contributed by atoms with Crippen molar-refractivity contribution in [3.05, 3.63) is 32.6 Å². The summed E-state index contributed by atoms with van der Waals surface area (Å²) in [4.78, 5) is 26.3. The maximum Gasteiger partial charge on any atom is 0.333 e. The maximum atomic E-state index is 13.5. The van der Waals surface area contributed by atoms with E-state index < -0.39 is 22.9 Å². The van der Waals surface area contributed by atoms with Crippen LogP contribution in [0.15, 0.2) is 15.8 Å². The Morgan fingerprint density at radius 3 is 2.14 bits per heavy atom. The molecule has 7 nitrogen and oxygen atoms in total. The predicted molar refractivity (Wildman–Crippen MR) is 161 cm³/mol. The Morgan fingerprint density at radius 2 is 1.59 bits per heavy atom. The van der Waals surface area contributed by atoms with Crippen LogP contribution in [-0.2, 0) is 20.1 Å². The van der Waals surface area contributed by atoms with Crippen molar-refractivity contribution >= 4 is 32.6 Å². The Labute approximate surface area is 234 Å². The van der Waals surface area contributed by atoms with Gasteiger partial charge in [0.15, 0.2) is 16.6 Å². The summed E-state index contributed by atoms with van der Waals surface area (Å²) in [6.45, 7) is 25.0. The first kappa shape index (κ1) is 32.7. The molecule has 1 aliphatic rings. The van der Waals surface area contributed by atoms with Gasteiger partial charge in [0.05, 0.1) is 12.7 Å². The van der Waals surface area contributed by atoms with E-state index in [1.807, 2.05) is 0 Å². The van der Waals surface area contributed by atoms with Crippen LogP contribution in [-0.4, -0.2) is 49.9 Å². The van der Waals surface area contributed by atoms with E-state index in [9.17, 15) is 9.59 Å². The van der Waals surface area contributed by atoms with Crippen molar-refractivity contribution in [1.82, 2.24) is 9.13 Å². The van der Waals surface area contributed by atoms with Crippen LogP contribution < -0.4 is 11.2 Å². The quantitative estimate of drug-likeness (QED) is 0.159. The molecule has 10 heteroatoms. The van der Waals surface area contributed by atoms with Crippen LogP contribution in [0.25, 0.3) is 0 Å². The highest BCUT2D eigenvalue weighted by atomic mass is 79.9. The van der Waals surface area contributed by atoms with E-state index in [-0.39, 0.29) is 33.5 Å². The number of unbranched alkanes of at least 4 members (excludes halogenated alkanes) is 2. The van der Waals surface area contributed by atoms with Crippen molar-refractivity contribution in [3.63, 3.8) is 0 Å². The monoisotopic (exact) mass is 618 g/mol. The maximum absolute atomic E-state index is 13.5. The third kappa shape index (κ3) is 8.00. The molecule has 0 radical (unpaired) electrons. The number of rotatable bonds is 11. The lowest BCUT2D eigenvalue weighted by molar-refractivity contribution is -0.0417. The number of alkyl halides is 1. The fourth-order valence-electron chi connectivity index (χ4n) is 3.91. The Morgan fingerprint density at radius 1 is 1.00 bits per heavy atom. The highest BCUT2D eigenvalue weighted by Gasteiger charge is 2.46. The minimum absolute atomic E-state index is 0.0473. The van der Waals surface area contributed by atoms with Crippen LogP contribution in [0.3, 0.4) is 0 Å². The van der Waals surface area contributed by atoms with Gasteiger partial charge in [-0.3, -0.25) is 13.9 Å². The standard InChI is InChI=1S/C27H51BrN2O5Si2/c1-20-18-30(25(32)29(24(20)31)16-14-12-13-15-28)23-17-21(35-37(10,11)27(5,6)7)22(34-23)19-33-36(8,9)26(2,3)4/h18,21-23H,12-17,19H2,1-11H3/t21-,22+,23+/m0/s1. The zero-order valence-corrected chi connectivity index (χ0v) is 28.7. The van der Waals surface area contributed by atoms with Gasteiger partial charge >= 0.3 is 5.69 Å². The third-order valence-electron chi connectivity index (χ3n) is 8.54. The van der Waals surface area contributed by atoms with E-state index in [1.165, 1.54) is 4.57 Å². The largest absolute Gasteiger partial charge is 0.414 e. The predicted octanol–water partition coefficient (Wildman–Crippen LogP) is 6.58. The summed E-state index contributed by atoms with van der Waals surface area (Å²) < 4.78 is 22.9. The molecule has 37 heavy (non-hydrogen) atoms. The summed E-state index contributed by atoms with van der Waals surface area (Å²) in [7, 11) is -4.09. The summed E-state index contributed by atoms with van der Waals surface area (Å²) >= 11 is 3.44. The summed E-state index contributed by atoms with van der Waals surface area (Å²) in [5.41, 5.74) is 0.0213. The number of ether oxygens (including phenoxy) is 1. The van der Waals surface area contributed by atoms with Gasteiger partial charge in [-0.25, -0.2) is 4.79 Å². The second kappa shape index (κ2) is 12.3. The van der Waals surface area contributed by atoms with Crippen LogP contribution in [0.2, 0.25) is 36.3 Å². The first-order chi connectivity index (χ1) is 16.8. The first-order valence-electron chi connectivity index (χ1n) is 13.7. The second-order valence-electron chi connectivity index (χ2n) is 13.6. The molecular formula is C27H51BrN2O5Si2. The van der Waals surface area contributed by atoms with Crippen LogP contribution in [0.5, 0.6) is 0 Å². The number of nitrogens with zero attached hydrogens (tertiary/aromatic N) is 2. The molecule has 0 bridgehead atoms. The van der Waals surface area contributed by atoms with Crippen molar-refractivity contribution in [3.8, 4) is 0 Å². The van der Waals surface area contributed by atoms with Gasteiger partial charge in [0, 0.05) is 30.1 Å². The normalized spacial score (nSPS) is 21.6. The van der Waals surface area contributed by atoms with Gasteiger partial charge in [-0.1, -0.05) is 63.9 Å². The van der Waals surface area contributed by atoms with E-state index in [0.29, 0.717) is 25.1 Å². The number of aryl methyl sites for hydroxylation is 1. The topological polar surface area (TPSA) is 71.7 Å². The smallest absolute Gasteiger partial charge is 0.333 e. The van der Waals surface area contributed by atoms with Gasteiger partial charge in [0.1, 0.15) is 12.3 Å². The lowest BCUT2D eigenvalue weighted by Crippen LogP contribution is -2.48. The Bertz CT molecular complexity index is 1020. The fraction of sp³-hybridized carbons (Fsp3) is 0.852. The summed E-state index contributed by atoms with van der Waals surface area (Å²) in [6.07, 6.45) is 4.02. The molecule has 0 saturated carbocycles. The molecule has 1 fully saturated rings. The van der Waals surface area contributed by atoms with Crippen molar-refractivity contribution in [2.75, 3.05) is 11.9 Å². The summed E-state index contributed by atoms with van der Waals surface area (Å²) in [5.74, 6) is 0. The van der Waals surface area contributed by atoms with Gasteiger partial charge in [0.25, 0.3) is 5.56 Å². The highest BCUT2D eigenvalue weighted by molar-refractivity contribution is 9.09. The molecule has 214 valence electrons. The lowest BCUT2D eigenvalue weighted by atomic mass is 10.2. The van der Waals surface area contributed by atoms with Crippen molar-refractivity contribution in [1.29, 1.82) is 0 Å². The average Bonchev–Trinajstić information content (AvgIpc) is 3.14. The van der Waals surface area contributed by atoms with Gasteiger partial charge in [0.2, 0.25) is 0 Å². The van der Waals surface area contributed by atoms with Crippen LogP contribution >= 0.6 is 15.9 Å². The minimum Gasteiger partial charge on any atom is -0.414 e. The Kier molecular flexibility index (Phi) is 10.9. The molecule has 3 atom stereocenters. The molecule has 2 heterocycles. The summed E-state index contributed by atoms with van der Waals surface area (Å²) in [6, 6.07) is 0. The minimum atomic E-state index is -2.09. The molecule has 0 aromatic carbocycles. The number of halogens is 1. The van der Waals surface area contributed by atoms with E-state index in [0.717, 1.165) is 24.6 Å². The van der Waals surface area contributed by atoms with Crippen LogP contribution in [0.1, 0.15) is 79.0 Å². The summed E-state index contributed by atoms with van der Waals surface area (Å²) in [5, 5.41) is 1.05. The van der Waals surface area contributed by atoms with Crippen molar-refractivity contribution in [2.24, 2.45) is 0 Å². The molecule has 0 unspecified atom stereocenters. The number of hydrogen-bond donors (Lipinski definition) is 0. The van der Waals surface area contributed by atoms with Gasteiger partial charge < -0.3 is 13.6 Å². The molecule has 1 aromatic rings. The average molecular weight is 620 g/mol. The molecule has 0 aliphatic carbocycles. The third-order valence-corrected chi connectivity index (χ3v) is 18.1. The zero-order valence-electron chi connectivity index (χ0n) is 25.1. The van der Waals surface area contributed by atoms with Gasteiger partial charge in [-0.05, 0) is 56.0 Å². The number of hydrogen-bond acceptors (Lipinski definition) is 5. The van der Waals surface area contributed by atoms with Crippen LogP contribution in [0.4, 0.5) is 0 Å². The van der Waals surface area contributed by atoms with Crippen LogP contribution in [0, 0.1) is 6.92 Å². The van der Waals surface area contributed by atoms with E-state index >= 15 is 0 Å². The lowest BCUT2D eigenvalue weighted by Gasteiger charge is -2.40. The van der Waals surface area contributed by atoms with E-state index in [1.54, 1.807) is 17.7 Å². The number of aromatic nitrogens is 2. The second-order valence-corrected chi connectivity index (χ2v) is 23.9. The molecule has 0 spiro atoms. The van der Waals surface area contributed by atoms with Crippen molar-refractivity contribution < 1.29 is 13.6 Å². The molecule has 0 N–H and O–H groups in total.